The first-order chi connectivity index (χ1) is 7.31. The summed E-state index contributed by atoms with van der Waals surface area (Å²) in [5, 5.41) is 0. The van der Waals surface area contributed by atoms with Gasteiger partial charge in [0.25, 0.3) is 0 Å². The van der Waals surface area contributed by atoms with Crippen molar-refractivity contribution in [1.29, 1.82) is 0 Å². The van der Waals surface area contributed by atoms with E-state index in [0.717, 1.165) is 12.3 Å². The van der Waals surface area contributed by atoms with E-state index >= 15 is 0 Å². The van der Waals surface area contributed by atoms with E-state index in [1.165, 1.54) is 38.5 Å². The van der Waals surface area contributed by atoms with Crippen molar-refractivity contribution < 1.29 is 9.53 Å². The van der Waals surface area contributed by atoms with Crippen LogP contribution in [0.15, 0.2) is 0 Å². The Hall–Kier alpha value is 0.200. The van der Waals surface area contributed by atoms with E-state index < -0.39 is 0 Å². The molecule has 2 rings (SSSR count). The summed E-state index contributed by atoms with van der Waals surface area (Å²) in [6.07, 6.45) is 9.32. The zero-order valence-corrected chi connectivity index (χ0v) is 11.2. The molecule has 2 saturated carbocycles. The Balaban J connectivity index is 1.94. The summed E-state index contributed by atoms with van der Waals surface area (Å²) in [5.74, 6) is 1.51. The third kappa shape index (κ3) is 2.86. The van der Waals surface area contributed by atoms with Crippen LogP contribution in [-0.4, -0.2) is 16.5 Å². The molecule has 2 aliphatic rings. The maximum atomic E-state index is 11.3. The minimum Gasteiger partial charge on any atom is -0.461 e. The second kappa shape index (κ2) is 5.51. The first kappa shape index (κ1) is 11.7. The number of hydrogen-bond acceptors (Lipinski definition) is 2. The van der Waals surface area contributed by atoms with E-state index in [-0.39, 0.29) is 12.1 Å². The molecule has 0 aromatic rings. The summed E-state index contributed by atoms with van der Waals surface area (Å²) in [6.45, 7) is 0. The molecular weight excluding hydrogens is 303 g/mol. The van der Waals surface area contributed by atoms with Crippen LogP contribution in [0.5, 0.6) is 0 Å². The summed E-state index contributed by atoms with van der Waals surface area (Å²) < 4.78 is 6.06. The van der Waals surface area contributed by atoms with Gasteiger partial charge in [0.15, 0.2) is 0 Å². The molecule has 0 heterocycles. The van der Waals surface area contributed by atoms with Crippen molar-refractivity contribution in [2.24, 2.45) is 11.8 Å². The lowest BCUT2D eigenvalue weighted by Crippen LogP contribution is -2.37. The highest BCUT2D eigenvalue weighted by molar-refractivity contribution is 14.1. The molecule has 0 saturated heterocycles. The first-order valence-corrected chi connectivity index (χ1v) is 7.59. The van der Waals surface area contributed by atoms with Gasteiger partial charge in [-0.25, -0.2) is 0 Å². The quantitative estimate of drug-likeness (QED) is 0.443. The lowest BCUT2D eigenvalue weighted by molar-refractivity contribution is -0.152. The topological polar surface area (TPSA) is 26.3 Å². The number of halogens is 1. The number of carbonyl (C=O) groups is 1. The fourth-order valence-corrected chi connectivity index (χ4v) is 3.41. The van der Waals surface area contributed by atoms with Gasteiger partial charge in [0, 0.05) is 0 Å². The van der Waals surface area contributed by atoms with Crippen LogP contribution in [0, 0.1) is 11.8 Å². The monoisotopic (exact) mass is 322 g/mol. The van der Waals surface area contributed by atoms with Crippen LogP contribution in [-0.2, 0) is 9.53 Å². The Kier molecular flexibility index (Phi) is 4.29. The number of carbonyl (C=O) groups excluding carboxylic acids is 1. The summed E-state index contributed by atoms with van der Waals surface area (Å²) >= 11 is 2.08. The fraction of sp³-hybridized carbons (Fsp3) is 0.917. The average Bonchev–Trinajstić information content (AvgIpc) is 2.29. The smallest absolute Gasteiger partial charge is 0.316 e. The zero-order chi connectivity index (χ0) is 10.7. The standard InChI is InChI=1S/C12H19IO2/c13-8-12(14)15-11-7-3-5-9-4-1-2-6-10(9)11/h9-11H,1-8H2. The first-order valence-electron chi connectivity index (χ1n) is 6.06. The highest BCUT2D eigenvalue weighted by Gasteiger charge is 2.36. The van der Waals surface area contributed by atoms with Gasteiger partial charge in [0.2, 0.25) is 0 Å². The third-order valence-electron chi connectivity index (χ3n) is 3.90. The van der Waals surface area contributed by atoms with Gasteiger partial charge < -0.3 is 4.74 Å². The third-order valence-corrected chi connectivity index (χ3v) is 4.52. The van der Waals surface area contributed by atoms with Gasteiger partial charge in [-0.3, -0.25) is 4.79 Å². The van der Waals surface area contributed by atoms with Crippen molar-refractivity contribution in [1.82, 2.24) is 0 Å². The number of hydrogen-bond donors (Lipinski definition) is 0. The van der Waals surface area contributed by atoms with Crippen molar-refractivity contribution in [3.8, 4) is 0 Å². The van der Waals surface area contributed by atoms with Gasteiger partial charge in [-0.2, -0.15) is 0 Å². The van der Waals surface area contributed by atoms with Crippen LogP contribution in [0.4, 0.5) is 0 Å². The predicted molar refractivity (Wildman–Crippen MR) is 68.1 cm³/mol. The van der Waals surface area contributed by atoms with Crippen LogP contribution in [0.1, 0.15) is 44.9 Å². The Labute approximate surface area is 105 Å². The molecule has 0 radical (unpaired) electrons. The van der Waals surface area contributed by atoms with Crippen molar-refractivity contribution in [2.45, 2.75) is 51.0 Å². The van der Waals surface area contributed by atoms with Crippen molar-refractivity contribution in [3.63, 3.8) is 0 Å². The van der Waals surface area contributed by atoms with Crippen LogP contribution in [0.25, 0.3) is 0 Å². The second-order valence-electron chi connectivity index (χ2n) is 4.80. The molecule has 2 aliphatic carbocycles. The van der Waals surface area contributed by atoms with Gasteiger partial charge in [0.1, 0.15) is 6.10 Å². The number of alkyl halides is 1. The Morgan fingerprint density at radius 3 is 2.67 bits per heavy atom. The van der Waals surface area contributed by atoms with E-state index in [0.29, 0.717) is 10.3 Å². The van der Waals surface area contributed by atoms with Crippen LogP contribution < -0.4 is 0 Å². The summed E-state index contributed by atoms with van der Waals surface area (Å²) in [7, 11) is 0. The molecule has 0 amide bonds. The molecule has 0 aromatic carbocycles. The minimum atomic E-state index is -0.0215. The normalized spacial score (nSPS) is 35.7. The molecule has 0 N–H and O–H groups in total. The van der Waals surface area contributed by atoms with Gasteiger partial charge in [-0.1, -0.05) is 41.9 Å². The van der Waals surface area contributed by atoms with Gasteiger partial charge >= 0.3 is 5.97 Å². The summed E-state index contributed by atoms with van der Waals surface area (Å²) in [6, 6.07) is 0. The van der Waals surface area contributed by atoms with E-state index in [1.807, 2.05) is 0 Å². The molecule has 0 aliphatic heterocycles. The highest BCUT2D eigenvalue weighted by atomic mass is 127. The van der Waals surface area contributed by atoms with E-state index in [9.17, 15) is 4.79 Å². The predicted octanol–water partition coefficient (Wildman–Crippen LogP) is 3.32. The molecule has 0 bridgehead atoms. The molecular formula is C12H19IO2. The van der Waals surface area contributed by atoms with E-state index in [2.05, 4.69) is 22.6 Å². The SMILES string of the molecule is O=C(CI)OC1CCCC2CCCCC21. The lowest BCUT2D eigenvalue weighted by atomic mass is 9.69. The minimum absolute atomic E-state index is 0.0215. The number of fused-ring (bicyclic) bond motifs is 1. The number of esters is 1. The Bertz CT molecular complexity index is 228. The Morgan fingerprint density at radius 2 is 1.87 bits per heavy atom. The molecule has 0 aromatic heterocycles. The molecule has 3 heteroatoms. The summed E-state index contributed by atoms with van der Waals surface area (Å²) in [5.41, 5.74) is 0. The highest BCUT2D eigenvalue weighted by Crippen LogP contribution is 2.41. The van der Waals surface area contributed by atoms with Gasteiger partial charge in [-0.05, 0) is 37.5 Å². The molecule has 3 atom stereocenters. The van der Waals surface area contributed by atoms with Crippen molar-refractivity contribution in [3.05, 3.63) is 0 Å². The van der Waals surface area contributed by atoms with E-state index in [4.69, 9.17) is 4.74 Å². The van der Waals surface area contributed by atoms with Crippen molar-refractivity contribution in [2.75, 3.05) is 4.43 Å². The number of ether oxygens (including phenoxy) is 1. The van der Waals surface area contributed by atoms with Gasteiger partial charge in [-0.15, -0.1) is 0 Å². The van der Waals surface area contributed by atoms with Crippen LogP contribution >= 0.6 is 22.6 Å². The lowest BCUT2D eigenvalue weighted by Gasteiger charge is -2.40. The molecule has 86 valence electrons. The molecule has 0 spiro atoms. The fourth-order valence-electron chi connectivity index (χ4n) is 3.23. The maximum absolute atomic E-state index is 11.3. The summed E-state index contributed by atoms with van der Waals surface area (Å²) in [4.78, 5) is 11.3. The Morgan fingerprint density at radius 1 is 1.13 bits per heavy atom. The number of rotatable bonds is 2. The van der Waals surface area contributed by atoms with Crippen LogP contribution in [0.2, 0.25) is 0 Å². The van der Waals surface area contributed by atoms with Crippen molar-refractivity contribution >= 4 is 28.6 Å². The van der Waals surface area contributed by atoms with Crippen LogP contribution in [0.3, 0.4) is 0 Å². The molecule has 15 heavy (non-hydrogen) atoms. The largest absolute Gasteiger partial charge is 0.461 e. The maximum Gasteiger partial charge on any atom is 0.316 e. The molecule has 2 nitrogen and oxygen atoms in total. The zero-order valence-electron chi connectivity index (χ0n) is 9.08. The van der Waals surface area contributed by atoms with Gasteiger partial charge in [0.05, 0.1) is 4.43 Å². The van der Waals surface area contributed by atoms with E-state index in [1.54, 1.807) is 0 Å². The molecule has 2 fully saturated rings. The molecule has 3 unspecified atom stereocenters. The average molecular weight is 322 g/mol. The second-order valence-corrected chi connectivity index (χ2v) is 5.56.